The maximum atomic E-state index is 13.2. The summed E-state index contributed by atoms with van der Waals surface area (Å²) >= 11 is 0. The average molecular weight is 306 g/mol. The van der Waals surface area contributed by atoms with E-state index in [1.165, 1.54) is 17.0 Å². The molecule has 0 aliphatic carbocycles. The first-order valence-corrected chi connectivity index (χ1v) is 6.92. The van der Waals surface area contributed by atoms with E-state index in [1.807, 2.05) is 0 Å². The standard InChI is InChI=1S/C15H15FN2O4/c16-10-1-2-11-9(7-17-12(11)6-10)5-14(19)18-3-4-22-8-13(18)15(20)21/h1-2,6-7,13,17H,3-5,8H2,(H,20,21). The van der Waals surface area contributed by atoms with Gasteiger partial charge >= 0.3 is 5.97 Å². The number of ether oxygens (including phenoxy) is 1. The number of hydrogen-bond donors (Lipinski definition) is 2. The van der Waals surface area contributed by atoms with E-state index in [2.05, 4.69) is 4.98 Å². The molecule has 0 radical (unpaired) electrons. The molecule has 1 amide bonds. The van der Waals surface area contributed by atoms with Crippen molar-refractivity contribution in [1.29, 1.82) is 0 Å². The molecule has 116 valence electrons. The number of carboxylic acids is 1. The second kappa shape index (κ2) is 5.76. The van der Waals surface area contributed by atoms with Crippen LogP contribution in [0, 0.1) is 5.82 Å². The van der Waals surface area contributed by atoms with Gasteiger partial charge in [-0.3, -0.25) is 4.79 Å². The number of carbonyl (C=O) groups is 2. The van der Waals surface area contributed by atoms with Crippen LogP contribution in [0.2, 0.25) is 0 Å². The van der Waals surface area contributed by atoms with E-state index in [0.29, 0.717) is 12.1 Å². The molecule has 1 aromatic carbocycles. The van der Waals surface area contributed by atoms with Crippen molar-refractivity contribution < 1.29 is 23.8 Å². The minimum atomic E-state index is -1.07. The Labute approximate surface area is 125 Å². The van der Waals surface area contributed by atoms with Crippen LogP contribution in [0.15, 0.2) is 24.4 Å². The topological polar surface area (TPSA) is 82.6 Å². The Kier molecular flexibility index (Phi) is 3.81. The molecule has 1 aliphatic heterocycles. The Bertz CT molecular complexity index is 727. The predicted molar refractivity (Wildman–Crippen MR) is 75.9 cm³/mol. The van der Waals surface area contributed by atoms with Gasteiger partial charge in [-0.25, -0.2) is 9.18 Å². The van der Waals surface area contributed by atoms with Gasteiger partial charge in [0.05, 0.1) is 19.6 Å². The Morgan fingerprint density at radius 2 is 2.27 bits per heavy atom. The third-order valence-corrected chi connectivity index (χ3v) is 3.81. The molecule has 2 N–H and O–H groups in total. The summed E-state index contributed by atoms with van der Waals surface area (Å²) in [5.74, 6) is -1.71. The lowest BCUT2D eigenvalue weighted by molar-refractivity contribution is -0.157. The molecule has 7 heteroatoms. The molecule has 1 fully saturated rings. The van der Waals surface area contributed by atoms with Crippen LogP contribution in [0.4, 0.5) is 4.39 Å². The van der Waals surface area contributed by atoms with Crippen LogP contribution >= 0.6 is 0 Å². The zero-order valence-corrected chi connectivity index (χ0v) is 11.7. The fourth-order valence-corrected chi connectivity index (χ4v) is 2.68. The van der Waals surface area contributed by atoms with E-state index < -0.39 is 12.0 Å². The third kappa shape index (κ3) is 2.67. The summed E-state index contributed by atoms with van der Waals surface area (Å²) in [5, 5.41) is 9.92. The number of rotatable bonds is 3. The number of aromatic amines is 1. The summed E-state index contributed by atoms with van der Waals surface area (Å²) < 4.78 is 18.3. The lowest BCUT2D eigenvalue weighted by Crippen LogP contribution is -2.53. The van der Waals surface area contributed by atoms with Gasteiger partial charge < -0.3 is 19.7 Å². The van der Waals surface area contributed by atoms with Gasteiger partial charge in [0.2, 0.25) is 5.91 Å². The molecule has 2 aromatic rings. The first kappa shape index (κ1) is 14.5. The normalized spacial score (nSPS) is 18.6. The maximum Gasteiger partial charge on any atom is 0.328 e. The summed E-state index contributed by atoms with van der Waals surface area (Å²) in [6, 6.07) is 3.35. The zero-order valence-electron chi connectivity index (χ0n) is 11.7. The quantitative estimate of drug-likeness (QED) is 0.891. The number of amides is 1. The second-order valence-corrected chi connectivity index (χ2v) is 5.20. The molecule has 1 aromatic heterocycles. The molecule has 0 bridgehead atoms. The number of nitrogens with zero attached hydrogens (tertiary/aromatic N) is 1. The fourth-order valence-electron chi connectivity index (χ4n) is 2.68. The van der Waals surface area contributed by atoms with Gasteiger partial charge in [0.15, 0.2) is 6.04 Å². The van der Waals surface area contributed by atoms with E-state index >= 15 is 0 Å². The highest BCUT2D eigenvalue weighted by molar-refractivity contribution is 5.90. The van der Waals surface area contributed by atoms with Gasteiger partial charge in [0.1, 0.15) is 5.82 Å². The van der Waals surface area contributed by atoms with Crippen molar-refractivity contribution in [3.63, 3.8) is 0 Å². The lowest BCUT2D eigenvalue weighted by atomic mass is 10.1. The van der Waals surface area contributed by atoms with Gasteiger partial charge in [-0.1, -0.05) is 0 Å². The Morgan fingerprint density at radius 3 is 3.05 bits per heavy atom. The second-order valence-electron chi connectivity index (χ2n) is 5.20. The van der Waals surface area contributed by atoms with Crippen molar-refractivity contribution in [3.05, 3.63) is 35.8 Å². The number of halogens is 1. The number of aliphatic carboxylic acids is 1. The number of nitrogens with one attached hydrogen (secondary N) is 1. The highest BCUT2D eigenvalue weighted by atomic mass is 19.1. The summed E-state index contributed by atoms with van der Waals surface area (Å²) in [6.07, 6.45) is 1.72. The van der Waals surface area contributed by atoms with Gasteiger partial charge in [0.25, 0.3) is 0 Å². The van der Waals surface area contributed by atoms with Crippen LogP contribution in [-0.4, -0.2) is 52.7 Å². The maximum absolute atomic E-state index is 13.2. The Balaban J connectivity index is 1.81. The van der Waals surface area contributed by atoms with Crippen LogP contribution in [-0.2, 0) is 20.7 Å². The molecule has 0 spiro atoms. The molecule has 2 heterocycles. The minimum absolute atomic E-state index is 0.000168. The summed E-state index contributed by atoms with van der Waals surface area (Å²) in [7, 11) is 0. The van der Waals surface area contributed by atoms with Crippen molar-refractivity contribution in [2.75, 3.05) is 19.8 Å². The van der Waals surface area contributed by atoms with Crippen LogP contribution < -0.4 is 0 Å². The number of carbonyl (C=O) groups excluding carboxylic acids is 1. The lowest BCUT2D eigenvalue weighted by Gasteiger charge is -2.32. The predicted octanol–water partition coefficient (Wildman–Crippen LogP) is 1.16. The third-order valence-electron chi connectivity index (χ3n) is 3.81. The highest BCUT2D eigenvalue weighted by Gasteiger charge is 2.32. The fraction of sp³-hybridized carbons (Fsp3) is 0.333. The summed E-state index contributed by atoms with van der Waals surface area (Å²) in [4.78, 5) is 27.9. The van der Waals surface area contributed by atoms with Crippen molar-refractivity contribution in [2.24, 2.45) is 0 Å². The van der Waals surface area contributed by atoms with Crippen LogP contribution in [0.5, 0.6) is 0 Å². The molecule has 1 saturated heterocycles. The molecular weight excluding hydrogens is 291 g/mol. The summed E-state index contributed by atoms with van der Waals surface area (Å²) in [5.41, 5.74) is 1.33. The number of benzene rings is 1. The largest absolute Gasteiger partial charge is 0.480 e. The van der Waals surface area contributed by atoms with E-state index in [0.717, 1.165) is 10.9 Å². The number of hydrogen-bond acceptors (Lipinski definition) is 3. The van der Waals surface area contributed by atoms with Gasteiger partial charge in [0, 0.05) is 23.6 Å². The number of carboxylic acid groups (broad SMARTS) is 1. The minimum Gasteiger partial charge on any atom is -0.480 e. The van der Waals surface area contributed by atoms with E-state index in [9.17, 15) is 14.0 Å². The number of H-pyrrole nitrogens is 1. The van der Waals surface area contributed by atoms with E-state index in [-0.39, 0.29) is 31.3 Å². The first-order chi connectivity index (χ1) is 10.6. The molecule has 6 nitrogen and oxygen atoms in total. The molecule has 22 heavy (non-hydrogen) atoms. The molecular formula is C15H15FN2O4. The number of morpholine rings is 1. The summed E-state index contributed by atoms with van der Waals surface area (Å²) in [6.45, 7) is 0.585. The van der Waals surface area contributed by atoms with Crippen molar-refractivity contribution in [1.82, 2.24) is 9.88 Å². The molecule has 0 saturated carbocycles. The monoisotopic (exact) mass is 306 g/mol. The van der Waals surface area contributed by atoms with Crippen molar-refractivity contribution in [2.45, 2.75) is 12.5 Å². The van der Waals surface area contributed by atoms with Crippen LogP contribution in [0.25, 0.3) is 10.9 Å². The van der Waals surface area contributed by atoms with Gasteiger partial charge in [-0.15, -0.1) is 0 Å². The van der Waals surface area contributed by atoms with E-state index in [4.69, 9.17) is 9.84 Å². The zero-order chi connectivity index (χ0) is 15.7. The number of aromatic nitrogens is 1. The smallest absolute Gasteiger partial charge is 0.328 e. The van der Waals surface area contributed by atoms with Crippen LogP contribution in [0.1, 0.15) is 5.56 Å². The van der Waals surface area contributed by atoms with E-state index in [1.54, 1.807) is 12.3 Å². The molecule has 3 rings (SSSR count). The van der Waals surface area contributed by atoms with Crippen molar-refractivity contribution in [3.8, 4) is 0 Å². The average Bonchev–Trinajstić information content (AvgIpc) is 2.89. The SMILES string of the molecule is O=C(O)C1COCCN1C(=O)Cc1c[nH]c2cc(F)ccc12. The molecule has 1 atom stereocenters. The number of fused-ring (bicyclic) bond motifs is 1. The Morgan fingerprint density at radius 1 is 1.45 bits per heavy atom. The first-order valence-electron chi connectivity index (χ1n) is 6.92. The Hall–Kier alpha value is -2.41. The van der Waals surface area contributed by atoms with Crippen molar-refractivity contribution >= 4 is 22.8 Å². The molecule has 1 aliphatic rings. The molecule has 1 unspecified atom stereocenters. The van der Waals surface area contributed by atoms with Gasteiger partial charge in [-0.2, -0.15) is 0 Å². The van der Waals surface area contributed by atoms with Crippen LogP contribution in [0.3, 0.4) is 0 Å². The highest BCUT2D eigenvalue weighted by Crippen LogP contribution is 2.21. The van der Waals surface area contributed by atoms with Gasteiger partial charge in [-0.05, 0) is 23.8 Å².